The second kappa shape index (κ2) is 7.39. The number of imidazole rings is 1. The van der Waals surface area contributed by atoms with Gasteiger partial charge >= 0.3 is 5.97 Å². The average molecular weight is 345 g/mol. The quantitative estimate of drug-likeness (QED) is 0.813. The first-order valence-corrected chi connectivity index (χ1v) is 8.96. The van der Waals surface area contributed by atoms with E-state index < -0.39 is 0 Å². The third-order valence-corrected chi connectivity index (χ3v) is 4.35. The average Bonchev–Trinajstić information content (AvgIpc) is 3.11. The number of nitrogens with one attached hydrogen (secondary N) is 1. The van der Waals surface area contributed by atoms with Crippen LogP contribution >= 0.6 is 0 Å². The second-order valence-electron chi connectivity index (χ2n) is 7.04. The van der Waals surface area contributed by atoms with Gasteiger partial charge < -0.3 is 9.72 Å². The Labute approximate surface area is 148 Å². The third-order valence-electron chi connectivity index (χ3n) is 4.35. The maximum Gasteiger partial charge on any atom is 0.359 e. The molecule has 0 fully saturated rings. The van der Waals surface area contributed by atoms with Crippen molar-refractivity contribution < 1.29 is 9.53 Å². The number of esters is 1. The van der Waals surface area contributed by atoms with E-state index in [9.17, 15) is 4.79 Å². The number of carbonyl (C=O) groups is 1. The Morgan fingerprint density at radius 2 is 2.24 bits per heavy atom. The van der Waals surface area contributed by atoms with Crippen LogP contribution in [0.15, 0.2) is 6.20 Å². The highest BCUT2D eigenvalue weighted by molar-refractivity contribution is 5.89. The number of nitrogens with zero attached hydrogens (tertiary/aromatic N) is 4. The molecule has 0 aromatic carbocycles. The highest BCUT2D eigenvalue weighted by Gasteiger charge is 2.29. The van der Waals surface area contributed by atoms with E-state index >= 15 is 0 Å². The molecule has 0 radical (unpaired) electrons. The summed E-state index contributed by atoms with van der Waals surface area (Å²) >= 11 is 0. The zero-order chi connectivity index (χ0) is 18.0. The minimum Gasteiger partial charge on any atom is -0.461 e. The van der Waals surface area contributed by atoms with Crippen molar-refractivity contribution in [1.29, 1.82) is 0 Å². The largest absolute Gasteiger partial charge is 0.461 e. The molecule has 1 aliphatic rings. The van der Waals surface area contributed by atoms with Gasteiger partial charge in [-0.3, -0.25) is 9.58 Å². The van der Waals surface area contributed by atoms with Gasteiger partial charge in [-0.05, 0) is 19.8 Å². The lowest BCUT2D eigenvalue weighted by Gasteiger charge is -2.27. The van der Waals surface area contributed by atoms with Gasteiger partial charge in [0.05, 0.1) is 13.2 Å². The molecule has 0 bridgehead atoms. The Morgan fingerprint density at radius 1 is 1.44 bits per heavy atom. The summed E-state index contributed by atoms with van der Waals surface area (Å²) in [5.74, 6) is 1.10. The van der Waals surface area contributed by atoms with Crippen molar-refractivity contribution in [3.8, 4) is 0 Å². The van der Waals surface area contributed by atoms with Crippen molar-refractivity contribution in [2.24, 2.45) is 5.92 Å². The number of fused-ring (bicyclic) bond motifs is 1. The molecule has 0 amide bonds. The van der Waals surface area contributed by atoms with Crippen LogP contribution < -0.4 is 0 Å². The van der Waals surface area contributed by atoms with E-state index in [-0.39, 0.29) is 5.97 Å². The van der Waals surface area contributed by atoms with Crippen molar-refractivity contribution in [3.63, 3.8) is 0 Å². The van der Waals surface area contributed by atoms with Crippen LogP contribution in [0.3, 0.4) is 0 Å². The van der Waals surface area contributed by atoms with Gasteiger partial charge in [-0.15, -0.1) is 0 Å². The molecule has 0 unspecified atom stereocenters. The van der Waals surface area contributed by atoms with Gasteiger partial charge in [-0.25, -0.2) is 9.78 Å². The zero-order valence-electron chi connectivity index (χ0n) is 15.5. The molecule has 0 saturated carbocycles. The molecule has 1 aliphatic heterocycles. The van der Waals surface area contributed by atoms with E-state index in [1.165, 1.54) is 5.69 Å². The van der Waals surface area contributed by atoms with Crippen LogP contribution in [0.25, 0.3) is 0 Å². The molecule has 0 aliphatic carbocycles. The molecule has 3 rings (SSSR count). The van der Waals surface area contributed by atoms with E-state index in [0.29, 0.717) is 24.8 Å². The van der Waals surface area contributed by atoms with E-state index in [2.05, 4.69) is 33.8 Å². The number of hydrogen-bond donors (Lipinski definition) is 1. The number of carbonyl (C=O) groups excluding carboxylic acids is 1. The minimum atomic E-state index is -0.322. The first kappa shape index (κ1) is 17.7. The normalized spacial score (nSPS) is 14.8. The van der Waals surface area contributed by atoms with Gasteiger partial charge in [0.1, 0.15) is 5.82 Å². The van der Waals surface area contributed by atoms with Gasteiger partial charge in [0, 0.05) is 49.2 Å². The third kappa shape index (κ3) is 3.92. The lowest BCUT2D eigenvalue weighted by atomic mass is 10.0. The topological polar surface area (TPSA) is 76.0 Å². The zero-order valence-corrected chi connectivity index (χ0v) is 15.5. The predicted octanol–water partition coefficient (Wildman–Crippen LogP) is 2.31. The molecule has 2 aromatic heterocycles. The van der Waals surface area contributed by atoms with Crippen molar-refractivity contribution in [1.82, 2.24) is 24.6 Å². The van der Waals surface area contributed by atoms with Crippen LogP contribution in [0, 0.1) is 12.8 Å². The molecular formula is C18H27N5O2. The summed E-state index contributed by atoms with van der Waals surface area (Å²) in [6, 6.07) is 0. The molecule has 7 nitrogen and oxygen atoms in total. The number of hydrogen-bond acceptors (Lipinski definition) is 5. The molecule has 3 heterocycles. The smallest absolute Gasteiger partial charge is 0.359 e. The van der Waals surface area contributed by atoms with Crippen molar-refractivity contribution in [2.45, 2.75) is 53.8 Å². The lowest BCUT2D eigenvalue weighted by Crippen LogP contribution is -2.32. The molecule has 2 aromatic rings. The van der Waals surface area contributed by atoms with Crippen LogP contribution in [-0.2, 0) is 30.8 Å². The Kier molecular flexibility index (Phi) is 5.22. The highest BCUT2D eigenvalue weighted by Crippen LogP contribution is 2.25. The Hall–Kier alpha value is -2.15. The number of H-pyrrole nitrogens is 1. The van der Waals surface area contributed by atoms with E-state index in [4.69, 9.17) is 4.74 Å². The number of ether oxygens (including phenoxy) is 1. The van der Waals surface area contributed by atoms with Gasteiger partial charge in [-0.1, -0.05) is 13.8 Å². The van der Waals surface area contributed by atoms with Gasteiger partial charge in [0.2, 0.25) is 0 Å². The number of aromatic nitrogens is 4. The molecule has 25 heavy (non-hydrogen) atoms. The van der Waals surface area contributed by atoms with Gasteiger partial charge in [0.25, 0.3) is 0 Å². The number of aryl methyl sites for hydroxylation is 1. The lowest BCUT2D eigenvalue weighted by molar-refractivity contribution is 0.0515. The molecule has 0 spiro atoms. The van der Waals surface area contributed by atoms with E-state index in [0.717, 1.165) is 43.1 Å². The summed E-state index contributed by atoms with van der Waals surface area (Å²) in [6.07, 6.45) is 2.73. The van der Waals surface area contributed by atoms with Crippen LogP contribution in [0.2, 0.25) is 0 Å². The molecule has 0 atom stereocenters. The number of rotatable bonds is 6. The van der Waals surface area contributed by atoms with Crippen LogP contribution in [0.4, 0.5) is 0 Å². The van der Waals surface area contributed by atoms with Crippen molar-refractivity contribution in [2.75, 3.05) is 13.2 Å². The summed E-state index contributed by atoms with van der Waals surface area (Å²) in [4.78, 5) is 22.3. The minimum absolute atomic E-state index is 0.322. The monoisotopic (exact) mass is 345 g/mol. The fourth-order valence-electron chi connectivity index (χ4n) is 3.30. The molecule has 1 N–H and O–H groups in total. The summed E-state index contributed by atoms with van der Waals surface area (Å²) in [5, 5.41) is 4.59. The molecule has 136 valence electrons. The summed E-state index contributed by atoms with van der Waals surface area (Å²) in [5.41, 5.74) is 3.71. The first-order valence-electron chi connectivity index (χ1n) is 8.96. The fourth-order valence-corrected chi connectivity index (χ4v) is 3.30. The second-order valence-corrected chi connectivity index (χ2v) is 7.04. The van der Waals surface area contributed by atoms with Gasteiger partial charge in [0.15, 0.2) is 5.69 Å². The number of aromatic amines is 1. The maximum absolute atomic E-state index is 12.3. The Balaban J connectivity index is 1.85. The summed E-state index contributed by atoms with van der Waals surface area (Å²) in [6.45, 7) is 11.7. The predicted molar refractivity (Wildman–Crippen MR) is 94.2 cm³/mol. The molecule has 7 heteroatoms. The summed E-state index contributed by atoms with van der Waals surface area (Å²) < 4.78 is 7.22. The Morgan fingerprint density at radius 3 is 2.88 bits per heavy atom. The SMILES string of the molecule is CCOC(=O)c1nn(CC(C)C)c2c1CN(Cc1ncc(C)[nH]1)CC2. The molecular weight excluding hydrogens is 318 g/mol. The van der Waals surface area contributed by atoms with Crippen LogP contribution in [-0.4, -0.2) is 43.8 Å². The van der Waals surface area contributed by atoms with E-state index in [1.54, 1.807) is 0 Å². The highest BCUT2D eigenvalue weighted by atomic mass is 16.5. The molecule has 0 saturated heterocycles. The van der Waals surface area contributed by atoms with Crippen LogP contribution in [0.5, 0.6) is 0 Å². The van der Waals surface area contributed by atoms with Crippen LogP contribution in [0.1, 0.15) is 54.0 Å². The maximum atomic E-state index is 12.3. The standard InChI is InChI=1S/C18H27N5O2/c1-5-25-18(24)17-14-10-22(11-16-19-8-13(4)20-16)7-6-15(14)23(21-17)9-12(2)3/h8,12H,5-7,9-11H2,1-4H3,(H,19,20). The Bertz CT molecular complexity index is 747. The fraction of sp³-hybridized carbons (Fsp3) is 0.611. The van der Waals surface area contributed by atoms with Gasteiger partial charge in [-0.2, -0.15) is 5.10 Å². The van der Waals surface area contributed by atoms with E-state index in [1.807, 2.05) is 24.7 Å². The van der Waals surface area contributed by atoms with Crippen molar-refractivity contribution >= 4 is 5.97 Å². The van der Waals surface area contributed by atoms with Crippen molar-refractivity contribution in [3.05, 3.63) is 34.7 Å². The first-order chi connectivity index (χ1) is 12.0. The summed E-state index contributed by atoms with van der Waals surface area (Å²) in [7, 11) is 0.